The molecular formula is C13H16F3NO. The quantitative estimate of drug-likeness (QED) is 0.823. The number of ketones is 1. The lowest BCUT2D eigenvalue weighted by Gasteiger charge is -2.15. The summed E-state index contributed by atoms with van der Waals surface area (Å²) in [6, 6.07) is 3.89. The van der Waals surface area contributed by atoms with Gasteiger partial charge in [0.05, 0.1) is 11.6 Å². The third-order valence-corrected chi connectivity index (χ3v) is 2.70. The van der Waals surface area contributed by atoms with Gasteiger partial charge in [-0.2, -0.15) is 13.2 Å². The summed E-state index contributed by atoms with van der Waals surface area (Å²) in [5.41, 5.74) is 4.38. The van der Waals surface area contributed by atoms with Crippen LogP contribution in [0.5, 0.6) is 0 Å². The molecule has 0 fully saturated rings. The predicted octanol–water partition coefficient (Wildman–Crippen LogP) is 3.41. The molecule has 1 atom stereocenters. The lowest BCUT2D eigenvalue weighted by atomic mass is 9.96. The van der Waals surface area contributed by atoms with Crippen molar-refractivity contribution in [3.63, 3.8) is 0 Å². The van der Waals surface area contributed by atoms with Gasteiger partial charge in [0.1, 0.15) is 0 Å². The molecule has 1 aromatic carbocycles. The third-order valence-electron chi connectivity index (χ3n) is 2.70. The number of hydrogen-bond donors (Lipinski definition) is 1. The molecule has 1 rings (SSSR count). The van der Waals surface area contributed by atoms with E-state index in [-0.39, 0.29) is 5.56 Å². The maximum Gasteiger partial charge on any atom is 0.417 e. The van der Waals surface area contributed by atoms with Crippen molar-refractivity contribution < 1.29 is 18.0 Å². The molecule has 2 N–H and O–H groups in total. The summed E-state index contributed by atoms with van der Waals surface area (Å²) in [4.78, 5) is 11.9. The summed E-state index contributed by atoms with van der Waals surface area (Å²) < 4.78 is 38.2. The summed E-state index contributed by atoms with van der Waals surface area (Å²) >= 11 is 0. The van der Waals surface area contributed by atoms with Gasteiger partial charge >= 0.3 is 6.18 Å². The van der Waals surface area contributed by atoms with E-state index in [1.54, 1.807) is 0 Å². The van der Waals surface area contributed by atoms with E-state index in [1.165, 1.54) is 18.2 Å². The Morgan fingerprint density at radius 1 is 1.33 bits per heavy atom. The van der Waals surface area contributed by atoms with Crippen LogP contribution in [0.1, 0.15) is 42.1 Å². The fourth-order valence-corrected chi connectivity index (χ4v) is 1.70. The van der Waals surface area contributed by atoms with E-state index in [4.69, 9.17) is 5.73 Å². The summed E-state index contributed by atoms with van der Waals surface area (Å²) in [7, 11) is 0. The highest BCUT2D eigenvalue weighted by atomic mass is 19.4. The Morgan fingerprint density at radius 3 is 2.50 bits per heavy atom. The average molecular weight is 259 g/mol. The van der Waals surface area contributed by atoms with Crippen molar-refractivity contribution in [1.29, 1.82) is 0 Å². The molecule has 0 aliphatic rings. The van der Waals surface area contributed by atoms with Crippen LogP contribution in [0.3, 0.4) is 0 Å². The third kappa shape index (κ3) is 3.57. The molecule has 0 amide bonds. The molecule has 0 radical (unpaired) electrons. The highest BCUT2D eigenvalue weighted by Crippen LogP contribution is 2.32. The van der Waals surface area contributed by atoms with Crippen molar-refractivity contribution in [2.75, 3.05) is 0 Å². The molecule has 0 bridgehead atoms. The van der Waals surface area contributed by atoms with E-state index in [9.17, 15) is 18.0 Å². The number of Topliss-reactive ketones (excluding diaryl/α,β-unsaturated/α-hetero) is 1. The van der Waals surface area contributed by atoms with Gasteiger partial charge in [-0.05, 0) is 12.5 Å². The van der Waals surface area contributed by atoms with E-state index in [0.717, 1.165) is 18.9 Å². The Morgan fingerprint density at radius 2 is 1.94 bits per heavy atom. The Hall–Kier alpha value is -1.36. The number of nitrogens with two attached hydrogens (primary N) is 1. The summed E-state index contributed by atoms with van der Waals surface area (Å²) in [5, 5.41) is 0. The van der Waals surface area contributed by atoms with Crippen LogP contribution in [0.15, 0.2) is 24.3 Å². The number of carbonyl (C=O) groups excluding carboxylic acids is 1. The molecule has 100 valence electrons. The van der Waals surface area contributed by atoms with Crippen LogP contribution in [0.25, 0.3) is 0 Å². The zero-order chi connectivity index (χ0) is 13.8. The molecule has 1 aromatic rings. The highest BCUT2D eigenvalue weighted by Gasteiger charge is 2.35. The van der Waals surface area contributed by atoms with Crippen molar-refractivity contribution in [2.24, 2.45) is 5.73 Å². The second-order valence-electron chi connectivity index (χ2n) is 4.16. The molecule has 0 aliphatic heterocycles. The molecule has 18 heavy (non-hydrogen) atoms. The van der Waals surface area contributed by atoms with Gasteiger partial charge in [0.15, 0.2) is 5.78 Å². The number of benzene rings is 1. The first-order valence-electron chi connectivity index (χ1n) is 5.84. The maximum atomic E-state index is 12.7. The Kier molecular flexibility index (Phi) is 4.90. The number of alkyl halides is 3. The summed E-state index contributed by atoms with van der Waals surface area (Å²) in [6.07, 6.45) is -2.55. The van der Waals surface area contributed by atoms with Crippen molar-refractivity contribution >= 4 is 5.78 Å². The van der Waals surface area contributed by atoms with Crippen LogP contribution >= 0.6 is 0 Å². The second-order valence-corrected chi connectivity index (χ2v) is 4.16. The largest absolute Gasteiger partial charge is 0.417 e. The van der Waals surface area contributed by atoms with Gasteiger partial charge in [-0.15, -0.1) is 0 Å². The van der Waals surface area contributed by atoms with Crippen LogP contribution in [0.4, 0.5) is 13.2 Å². The van der Waals surface area contributed by atoms with E-state index in [1.807, 2.05) is 6.92 Å². The molecule has 0 aromatic heterocycles. The summed E-state index contributed by atoms with van der Waals surface area (Å²) in [5.74, 6) is -0.642. The minimum atomic E-state index is -4.53. The SMILES string of the molecule is CCCCC(N)C(=O)c1ccccc1C(F)(F)F. The monoisotopic (exact) mass is 259 g/mol. The van der Waals surface area contributed by atoms with Crippen LogP contribution in [-0.4, -0.2) is 11.8 Å². The van der Waals surface area contributed by atoms with Gasteiger partial charge in [0, 0.05) is 5.56 Å². The van der Waals surface area contributed by atoms with Crippen molar-refractivity contribution in [3.05, 3.63) is 35.4 Å². The van der Waals surface area contributed by atoms with E-state index >= 15 is 0 Å². The minimum Gasteiger partial charge on any atom is -0.321 e. The van der Waals surface area contributed by atoms with Crippen LogP contribution in [0, 0.1) is 0 Å². The van der Waals surface area contributed by atoms with Gasteiger partial charge in [0.2, 0.25) is 0 Å². The number of halogens is 3. The molecular weight excluding hydrogens is 243 g/mol. The van der Waals surface area contributed by atoms with Crippen molar-refractivity contribution in [1.82, 2.24) is 0 Å². The zero-order valence-electron chi connectivity index (χ0n) is 10.1. The fourth-order valence-electron chi connectivity index (χ4n) is 1.70. The molecule has 2 nitrogen and oxygen atoms in total. The highest BCUT2D eigenvalue weighted by molar-refractivity contribution is 6.01. The maximum absolute atomic E-state index is 12.7. The lowest BCUT2D eigenvalue weighted by molar-refractivity contribution is -0.137. The minimum absolute atomic E-state index is 0.339. The first-order chi connectivity index (χ1) is 8.38. The molecule has 0 aliphatic carbocycles. The second kappa shape index (κ2) is 6.00. The van der Waals surface area contributed by atoms with Crippen LogP contribution in [-0.2, 0) is 6.18 Å². The van der Waals surface area contributed by atoms with Gasteiger partial charge in [0.25, 0.3) is 0 Å². The number of carbonyl (C=O) groups is 1. The van der Waals surface area contributed by atoms with Crippen molar-refractivity contribution in [2.45, 2.75) is 38.4 Å². The lowest BCUT2D eigenvalue weighted by Crippen LogP contribution is -2.32. The predicted molar refractivity (Wildman–Crippen MR) is 63.3 cm³/mol. The molecule has 5 heteroatoms. The Labute approximate surface area is 104 Å². The van der Waals surface area contributed by atoms with Crippen molar-refractivity contribution in [3.8, 4) is 0 Å². The number of unbranched alkanes of at least 4 members (excludes halogenated alkanes) is 1. The average Bonchev–Trinajstić information content (AvgIpc) is 2.34. The van der Waals surface area contributed by atoms with Crippen LogP contribution in [0.2, 0.25) is 0 Å². The molecule has 1 unspecified atom stereocenters. The summed E-state index contributed by atoms with van der Waals surface area (Å²) in [6.45, 7) is 1.93. The van der Waals surface area contributed by atoms with Crippen LogP contribution < -0.4 is 5.73 Å². The fraction of sp³-hybridized carbons (Fsp3) is 0.462. The van der Waals surface area contributed by atoms with E-state index < -0.39 is 23.6 Å². The standard InChI is InChI=1S/C13H16F3NO/c1-2-3-8-11(17)12(18)9-6-4-5-7-10(9)13(14,15)16/h4-7,11H,2-3,8,17H2,1H3. The topological polar surface area (TPSA) is 43.1 Å². The van der Waals surface area contributed by atoms with E-state index in [2.05, 4.69) is 0 Å². The Balaban J connectivity index is 2.99. The first kappa shape index (κ1) is 14.7. The van der Waals surface area contributed by atoms with Gasteiger partial charge in [-0.1, -0.05) is 38.0 Å². The zero-order valence-corrected chi connectivity index (χ0v) is 10.1. The number of rotatable bonds is 5. The Bertz CT molecular complexity index is 415. The van der Waals surface area contributed by atoms with Gasteiger partial charge in [-0.25, -0.2) is 0 Å². The molecule has 0 saturated carbocycles. The smallest absolute Gasteiger partial charge is 0.321 e. The van der Waals surface area contributed by atoms with E-state index in [0.29, 0.717) is 6.42 Å². The van der Waals surface area contributed by atoms with Gasteiger partial charge < -0.3 is 5.73 Å². The first-order valence-corrected chi connectivity index (χ1v) is 5.84. The molecule has 0 saturated heterocycles. The molecule has 0 spiro atoms. The normalized spacial score (nSPS) is 13.4. The number of hydrogen-bond acceptors (Lipinski definition) is 2. The molecule has 0 heterocycles. The van der Waals surface area contributed by atoms with Gasteiger partial charge in [-0.3, -0.25) is 4.79 Å².